The molecule has 0 aromatic carbocycles. The molecule has 0 spiro atoms. The summed E-state index contributed by atoms with van der Waals surface area (Å²) in [5, 5.41) is 16.0. The van der Waals surface area contributed by atoms with Crippen molar-refractivity contribution in [2.75, 3.05) is 0 Å². The van der Waals surface area contributed by atoms with Crippen LogP contribution in [0.25, 0.3) is 0 Å². The van der Waals surface area contributed by atoms with Crippen molar-refractivity contribution in [2.45, 2.75) is 158 Å². The molecule has 3 N–H and O–H groups in total. The van der Waals surface area contributed by atoms with Gasteiger partial charge < -0.3 is 20.5 Å². The minimum atomic E-state index is -1.16. The highest BCUT2D eigenvalue weighted by Gasteiger charge is 2.67. The van der Waals surface area contributed by atoms with Crippen LogP contribution in [0.3, 0.4) is 0 Å². The van der Waals surface area contributed by atoms with Crippen molar-refractivity contribution in [1.29, 1.82) is 0 Å². The lowest BCUT2D eigenvalue weighted by atomic mass is 9.37. The number of ketones is 1. The summed E-state index contributed by atoms with van der Waals surface area (Å²) in [5.41, 5.74) is 0.0449. The lowest BCUT2D eigenvalue weighted by Crippen LogP contribution is -2.64. The molecule has 4 saturated carbocycles. The first-order chi connectivity index (χ1) is 21.5. The molecule has 2 amide bonds. The van der Waals surface area contributed by atoms with E-state index in [0.29, 0.717) is 24.2 Å². The smallest absolute Gasteiger partial charge is 0.315 e. The topological polar surface area (TPSA) is 122 Å². The van der Waals surface area contributed by atoms with Gasteiger partial charge in [-0.3, -0.25) is 14.4 Å². The van der Waals surface area contributed by atoms with Gasteiger partial charge in [0.1, 0.15) is 6.10 Å². The number of Topliss-reactive ketones (excluding diaryl/α,β-unsaturated/α-hetero) is 1. The van der Waals surface area contributed by atoms with Gasteiger partial charge in [0.25, 0.3) is 0 Å². The van der Waals surface area contributed by atoms with Crippen LogP contribution in [0, 0.1) is 51.2 Å². The van der Waals surface area contributed by atoms with Gasteiger partial charge in [0.05, 0.1) is 17.4 Å². The highest BCUT2D eigenvalue weighted by atomic mass is 16.5. The van der Waals surface area contributed by atoms with Crippen LogP contribution in [0.5, 0.6) is 0 Å². The Balaban J connectivity index is 1.41. The lowest BCUT2D eigenvalue weighted by Gasteiger charge is -2.68. The van der Waals surface area contributed by atoms with Crippen molar-refractivity contribution in [1.82, 2.24) is 10.6 Å². The Morgan fingerprint density at radius 3 is 2.13 bits per heavy atom. The van der Waals surface area contributed by atoms with Crippen LogP contribution in [0.15, 0.2) is 11.1 Å². The van der Waals surface area contributed by atoms with E-state index < -0.39 is 22.9 Å². The molecule has 47 heavy (non-hydrogen) atoms. The first kappa shape index (κ1) is 35.9. The summed E-state index contributed by atoms with van der Waals surface area (Å²) in [6.07, 6.45) is 7.83. The number of aliphatic carboxylic acids is 1. The van der Waals surface area contributed by atoms with E-state index in [2.05, 4.69) is 52.2 Å². The third-order valence-corrected chi connectivity index (χ3v) is 13.8. The van der Waals surface area contributed by atoms with E-state index in [0.717, 1.165) is 56.9 Å². The Kier molecular flexibility index (Phi) is 8.87. The molecule has 5 aliphatic rings. The summed E-state index contributed by atoms with van der Waals surface area (Å²) in [4.78, 5) is 51.7. The molecule has 4 fully saturated rings. The number of hydrogen-bond acceptors (Lipinski definition) is 5. The van der Waals surface area contributed by atoms with E-state index in [1.54, 1.807) is 13.8 Å². The third-order valence-electron chi connectivity index (χ3n) is 13.8. The number of carboxylic acids is 1. The van der Waals surface area contributed by atoms with Crippen LogP contribution in [-0.4, -0.2) is 46.0 Å². The highest BCUT2D eigenvalue weighted by molar-refractivity contribution is 6.02. The summed E-state index contributed by atoms with van der Waals surface area (Å²) in [6, 6.07) is -0.189. The first-order valence-corrected chi connectivity index (χ1v) is 18.3. The second kappa shape index (κ2) is 11.6. The maximum atomic E-state index is 13.7. The number of ether oxygens (including phenoxy) is 1. The standard InChI is InChI=1S/C39H62N2O6/c1-22(2)30-25(42)20-39(41-33(46)40-34(3,4)5)19-14-24-23(31(30)39)12-13-27-37(24,10)17-15-26-36(8,9)28(16-18-38(26,27)11)47-29(43)21-35(6,7)32(44)45/h22-24,26-28H,12-21H2,1-11H3,(H,44,45)(H2,40,41,46). The number of rotatable bonds is 6. The Labute approximate surface area is 283 Å². The normalized spacial score (nSPS) is 38.1. The third kappa shape index (κ3) is 5.96. The molecule has 0 radical (unpaired) electrons. The zero-order valence-electron chi connectivity index (χ0n) is 31.0. The number of fused-ring (bicyclic) bond motifs is 7. The van der Waals surface area contributed by atoms with E-state index in [9.17, 15) is 24.3 Å². The number of urea groups is 1. The lowest BCUT2D eigenvalue weighted by molar-refractivity contribution is -0.213. The Morgan fingerprint density at radius 2 is 1.53 bits per heavy atom. The van der Waals surface area contributed by atoms with Crippen LogP contribution in [-0.2, 0) is 19.1 Å². The summed E-state index contributed by atoms with van der Waals surface area (Å²) >= 11 is 0. The van der Waals surface area contributed by atoms with E-state index >= 15 is 0 Å². The molecule has 5 aliphatic carbocycles. The molecule has 0 saturated heterocycles. The number of allylic oxidation sites excluding steroid dienone is 1. The van der Waals surface area contributed by atoms with E-state index in [-0.39, 0.29) is 58.0 Å². The zero-order valence-corrected chi connectivity index (χ0v) is 31.0. The maximum absolute atomic E-state index is 13.7. The molecular formula is C39H62N2O6. The Morgan fingerprint density at radius 1 is 0.894 bits per heavy atom. The fourth-order valence-electron chi connectivity index (χ4n) is 11.8. The highest BCUT2D eigenvalue weighted by Crippen LogP contribution is 2.72. The summed E-state index contributed by atoms with van der Waals surface area (Å²) in [5.74, 6) is 0.540. The largest absolute Gasteiger partial charge is 0.481 e. The van der Waals surface area contributed by atoms with Crippen LogP contribution >= 0.6 is 0 Å². The van der Waals surface area contributed by atoms with Crippen molar-refractivity contribution in [3.8, 4) is 0 Å². The number of esters is 1. The zero-order chi connectivity index (χ0) is 35.1. The fourth-order valence-corrected chi connectivity index (χ4v) is 11.8. The number of carboxylic acid groups (broad SMARTS) is 1. The summed E-state index contributed by atoms with van der Waals surface area (Å²) < 4.78 is 6.12. The van der Waals surface area contributed by atoms with E-state index in [4.69, 9.17) is 4.74 Å². The van der Waals surface area contributed by atoms with Gasteiger partial charge >= 0.3 is 18.0 Å². The van der Waals surface area contributed by atoms with Crippen molar-refractivity contribution in [3.63, 3.8) is 0 Å². The summed E-state index contributed by atoms with van der Waals surface area (Å²) in [7, 11) is 0. The monoisotopic (exact) mass is 654 g/mol. The number of nitrogens with one attached hydrogen (secondary N) is 2. The fraction of sp³-hybridized carbons (Fsp3) is 0.846. The molecule has 264 valence electrons. The predicted molar refractivity (Wildman–Crippen MR) is 182 cm³/mol. The van der Waals surface area contributed by atoms with Crippen LogP contribution in [0.2, 0.25) is 0 Å². The molecule has 0 aliphatic heterocycles. The number of carbonyl (C=O) groups is 4. The minimum absolute atomic E-state index is 0.0881. The second-order valence-electron chi connectivity index (χ2n) is 19.2. The predicted octanol–water partition coefficient (Wildman–Crippen LogP) is 7.84. The molecule has 5 rings (SSSR count). The Hall–Kier alpha value is -2.38. The van der Waals surface area contributed by atoms with Crippen LogP contribution in [0.1, 0.15) is 140 Å². The second-order valence-corrected chi connectivity index (χ2v) is 19.2. The number of carbonyl (C=O) groups excluding carboxylic acids is 3. The molecule has 0 aromatic heterocycles. The van der Waals surface area contributed by atoms with E-state index in [1.807, 2.05) is 20.8 Å². The maximum Gasteiger partial charge on any atom is 0.315 e. The van der Waals surface area contributed by atoms with Gasteiger partial charge in [-0.05, 0) is 138 Å². The molecular weight excluding hydrogens is 592 g/mol. The molecule has 8 unspecified atom stereocenters. The van der Waals surface area contributed by atoms with Gasteiger partial charge in [0.15, 0.2) is 5.78 Å². The van der Waals surface area contributed by atoms with Gasteiger partial charge in [0.2, 0.25) is 0 Å². The minimum Gasteiger partial charge on any atom is -0.481 e. The van der Waals surface area contributed by atoms with Gasteiger partial charge in [-0.2, -0.15) is 0 Å². The van der Waals surface area contributed by atoms with Gasteiger partial charge in [-0.1, -0.05) is 41.5 Å². The van der Waals surface area contributed by atoms with Crippen molar-refractivity contribution >= 4 is 23.8 Å². The van der Waals surface area contributed by atoms with Gasteiger partial charge in [-0.25, -0.2) is 4.79 Å². The first-order valence-electron chi connectivity index (χ1n) is 18.3. The quantitative estimate of drug-likeness (QED) is 0.251. The molecule has 0 bridgehead atoms. The summed E-state index contributed by atoms with van der Waals surface area (Å²) in [6.45, 7) is 22.9. The van der Waals surface area contributed by atoms with Gasteiger partial charge in [0, 0.05) is 17.4 Å². The van der Waals surface area contributed by atoms with Crippen molar-refractivity contribution in [2.24, 2.45) is 51.2 Å². The molecule has 0 aromatic rings. The van der Waals surface area contributed by atoms with Crippen LogP contribution < -0.4 is 10.6 Å². The molecule has 8 nitrogen and oxygen atoms in total. The average molecular weight is 655 g/mol. The molecule has 8 heteroatoms. The average Bonchev–Trinajstić information content (AvgIpc) is 3.20. The SMILES string of the molecule is CC(C)C1=C2C3CCC4C(C)(CCC5C(C)(C)C(OC(=O)CC(C)(C)C(=O)O)CCC54C)C3CCC2(NC(=O)NC(C)(C)C)CC1=O. The number of amides is 2. The van der Waals surface area contributed by atoms with Crippen molar-refractivity contribution in [3.05, 3.63) is 11.1 Å². The number of hydrogen-bond donors (Lipinski definition) is 3. The van der Waals surface area contributed by atoms with E-state index in [1.165, 1.54) is 5.57 Å². The van der Waals surface area contributed by atoms with Gasteiger partial charge in [-0.15, -0.1) is 0 Å². The molecule has 0 heterocycles. The molecule has 8 atom stereocenters. The van der Waals surface area contributed by atoms with Crippen LogP contribution in [0.4, 0.5) is 4.79 Å². The Bertz CT molecular complexity index is 1360. The van der Waals surface area contributed by atoms with Crippen molar-refractivity contribution < 1.29 is 29.0 Å².